The van der Waals surface area contributed by atoms with Gasteiger partial charge in [0.25, 0.3) is 0 Å². The van der Waals surface area contributed by atoms with Crippen LogP contribution in [0.15, 0.2) is 41.1 Å². The third-order valence-corrected chi connectivity index (χ3v) is 3.04. The first kappa shape index (κ1) is 13.8. The van der Waals surface area contributed by atoms with Gasteiger partial charge >= 0.3 is 0 Å². The highest BCUT2D eigenvalue weighted by atomic mass is 79.9. The third-order valence-electron chi connectivity index (χ3n) is 2.40. The number of hydrogen-bond acceptors (Lipinski definition) is 4. The molecule has 0 aliphatic carbocycles. The maximum absolute atomic E-state index is 5.68. The van der Waals surface area contributed by atoms with Gasteiger partial charge in [-0.05, 0) is 48.0 Å². The number of pyridine rings is 2. The van der Waals surface area contributed by atoms with Gasteiger partial charge in [-0.1, -0.05) is 6.07 Å². The molecule has 0 saturated heterocycles. The predicted molar refractivity (Wildman–Crippen MR) is 79.3 cm³/mol. The van der Waals surface area contributed by atoms with Crippen LogP contribution in [0.1, 0.15) is 19.4 Å². The summed E-state index contributed by atoms with van der Waals surface area (Å²) in [5, 5.41) is 3.26. The van der Waals surface area contributed by atoms with Gasteiger partial charge in [0.1, 0.15) is 5.82 Å². The first-order chi connectivity index (χ1) is 9.16. The van der Waals surface area contributed by atoms with Crippen molar-refractivity contribution in [3.8, 4) is 5.88 Å². The normalized spacial score (nSPS) is 10.5. The minimum absolute atomic E-state index is 0.107. The fraction of sp³-hybridized carbons (Fsp3) is 0.286. The van der Waals surface area contributed by atoms with Gasteiger partial charge in [-0.15, -0.1) is 0 Å². The number of rotatable bonds is 5. The van der Waals surface area contributed by atoms with Crippen LogP contribution < -0.4 is 10.1 Å². The molecule has 0 amide bonds. The predicted octanol–water partition coefficient (Wildman–Crippen LogP) is 3.64. The number of ether oxygens (including phenoxy) is 1. The molecular formula is C14H16BrN3O. The molecule has 0 atom stereocenters. The Labute approximate surface area is 121 Å². The van der Waals surface area contributed by atoms with Crippen LogP contribution in [0.5, 0.6) is 5.88 Å². The van der Waals surface area contributed by atoms with E-state index in [-0.39, 0.29) is 6.10 Å². The Morgan fingerprint density at radius 3 is 2.68 bits per heavy atom. The van der Waals surface area contributed by atoms with Crippen LogP contribution in [0.2, 0.25) is 0 Å². The zero-order valence-electron chi connectivity index (χ0n) is 10.9. The standard InChI is InChI=1S/C14H16BrN3O/c1-10(2)19-14-11(5-3-8-17-14)9-18-13-12(15)6-4-7-16-13/h3-8,10H,9H2,1-2H3,(H,16,18). The molecule has 2 aromatic heterocycles. The van der Waals surface area contributed by atoms with Gasteiger partial charge in [-0.25, -0.2) is 9.97 Å². The Morgan fingerprint density at radius 1 is 1.21 bits per heavy atom. The van der Waals surface area contributed by atoms with E-state index in [1.54, 1.807) is 12.4 Å². The highest BCUT2D eigenvalue weighted by molar-refractivity contribution is 9.10. The summed E-state index contributed by atoms with van der Waals surface area (Å²) in [6.07, 6.45) is 3.59. The molecular weight excluding hydrogens is 306 g/mol. The van der Waals surface area contributed by atoms with Crippen molar-refractivity contribution in [3.05, 3.63) is 46.7 Å². The van der Waals surface area contributed by atoms with E-state index in [0.29, 0.717) is 12.4 Å². The molecule has 19 heavy (non-hydrogen) atoms. The fourth-order valence-corrected chi connectivity index (χ4v) is 1.98. The van der Waals surface area contributed by atoms with Crippen molar-refractivity contribution in [3.63, 3.8) is 0 Å². The van der Waals surface area contributed by atoms with Gasteiger partial charge in [0.2, 0.25) is 5.88 Å². The van der Waals surface area contributed by atoms with Gasteiger partial charge < -0.3 is 10.1 Å². The molecule has 2 rings (SSSR count). The van der Waals surface area contributed by atoms with E-state index in [9.17, 15) is 0 Å². The quantitative estimate of drug-likeness (QED) is 0.913. The Bertz CT molecular complexity index is 546. The summed E-state index contributed by atoms with van der Waals surface area (Å²) in [6.45, 7) is 4.59. The summed E-state index contributed by atoms with van der Waals surface area (Å²) in [7, 11) is 0. The van der Waals surface area contributed by atoms with E-state index < -0.39 is 0 Å². The van der Waals surface area contributed by atoms with Gasteiger partial charge in [0.05, 0.1) is 10.6 Å². The zero-order chi connectivity index (χ0) is 13.7. The van der Waals surface area contributed by atoms with Crippen LogP contribution in [0.25, 0.3) is 0 Å². The van der Waals surface area contributed by atoms with Crippen molar-refractivity contribution in [2.75, 3.05) is 5.32 Å². The van der Waals surface area contributed by atoms with Crippen LogP contribution in [0.3, 0.4) is 0 Å². The summed E-state index contributed by atoms with van der Waals surface area (Å²) < 4.78 is 6.62. The molecule has 0 aliphatic rings. The molecule has 0 saturated carbocycles. The van der Waals surface area contributed by atoms with Crippen molar-refractivity contribution < 1.29 is 4.74 Å². The number of nitrogens with zero attached hydrogens (tertiary/aromatic N) is 2. The highest BCUT2D eigenvalue weighted by Crippen LogP contribution is 2.21. The lowest BCUT2D eigenvalue weighted by molar-refractivity contribution is 0.230. The second-order valence-electron chi connectivity index (χ2n) is 4.32. The Balaban J connectivity index is 2.09. The number of aromatic nitrogens is 2. The first-order valence-electron chi connectivity index (χ1n) is 6.11. The van der Waals surface area contributed by atoms with E-state index in [2.05, 4.69) is 31.2 Å². The number of anilines is 1. The molecule has 4 nitrogen and oxygen atoms in total. The molecule has 1 N–H and O–H groups in total. The number of halogens is 1. The van der Waals surface area contributed by atoms with E-state index in [0.717, 1.165) is 15.9 Å². The van der Waals surface area contributed by atoms with E-state index in [4.69, 9.17) is 4.74 Å². The average Bonchev–Trinajstić information content (AvgIpc) is 2.39. The maximum atomic E-state index is 5.68. The molecule has 5 heteroatoms. The summed E-state index contributed by atoms with van der Waals surface area (Å²) >= 11 is 3.46. The van der Waals surface area contributed by atoms with E-state index in [1.807, 2.05) is 38.1 Å². The minimum Gasteiger partial charge on any atom is -0.475 e. The lowest BCUT2D eigenvalue weighted by Crippen LogP contribution is -2.11. The maximum Gasteiger partial charge on any atom is 0.218 e. The molecule has 0 fully saturated rings. The molecule has 100 valence electrons. The molecule has 0 aliphatic heterocycles. The molecule has 2 heterocycles. The third kappa shape index (κ3) is 3.92. The molecule has 2 aromatic rings. The highest BCUT2D eigenvalue weighted by Gasteiger charge is 2.07. The Kier molecular flexibility index (Phi) is 4.74. The largest absolute Gasteiger partial charge is 0.475 e. The van der Waals surface area contributed by atoms with Crippen LogP contribution >= 0.6 is 15.9 Å². The minimum atomic E-state index is 0.107. The van der Waals surface area contributed by atoms with Gasteiger partial charge in [-0.3, -0.25) is 0 Å². The van der Waals surface area contributed by atoms with Crippen LogP contribution in [-0.4, -0.2) is 16.1 Å². The molecule has 0 unspecified atom stereocenters. The lowest BCUT2D eigenvalue weighted by atomic mass is 10.2. The van der Waals surface area contributed by atoms with Gasteiger partial charge in [0.15, 0.2) is 0 Å². The van der Waals surface area contributed by atoms with Gasteiger partial charge in [0, 0.05) is 24.5 Å². The number of hydrogen-bond donors (Lipinski definition) is 1. The van der Waals surface area contributed by atoms with Gasteiger partial charge in [-0.2, -0.15) is 0 Å². The lowest BCUT2D eigenvalue weighted by Gasteiger charge is -2.13. The SMILES string of the molecule is CC(C)Oc1ncccc1CNc1ncccc1Br. The van der Waals surface area contributed by atoms with Crippen LogP contribution in [0.4, 0.5) is 5.82 Å². The van der Waals surface area contributed by atoms with Crippen molar-refractivity contribution in [2.45, 2.75) is 26.5 Å². The summed E-state index contributed by atoms with van der Waals surface area (Å²) in [5.74, 6) is 1.47. The van der Waals surface area contributed by atoms with Crippen molar-refractivity contribution in [1.29, 1.82) is 0 Å². The summed E-state index contributed by atoms with van der Waals surface area (Å²) in [4.78, 5) is 8.52. The van der Waals surface area contributed by atoms with E-state index >= 15 is 0 Å². The van der Waals surface area contributed by atoms with Crippen molar-refractivity contribution in [1.82, 2.24) is 9.97 Å². The van der Waals surface area contributed by atoms with E-state index in [1.165, 1.54) is 0 Å². The number of nitrogens with one attached hydrogen (secondary N) is 1. The van der Waals surface area contributed by atoms with Crippen LogP contribution in [0, 0.1) is 0 Å². The monoisotopic (exact) mass is 321 g/mol. The smallest absolute Gasteiger partial charge is 0.218 e. The topological polar surface area (TPSA) is 47.0 Å². The Morgan fingerprint density at radius 2 is 1.95 bits per heavy atom. The summed E-state index contributed by atoms with van der Waals surface area (Å²) in [6, 6.07) is 7.73. The van der Waals surface area contributed by atoms with Crippen LogP contribution in [-0.2, 0) is 6.54 Å². The second kappa shape index (κ2) is 6.52. The molecule has 0 bridgehead atoms. The van der Waals surface area contributed by atoms with Crippen molar-refractivity contribution >= 4 is 21.7 Å². The Hall–Kier alpha value is -1.62. The average molecular weight is 322 g/mol. The first-order valence-corrected chi connectivity index (χ1v) is 6.91. The summed E-state index contributed by atoms with van der Waals surface area (Å²) in [5.41, 5.74) is 1.01. The van der Waals surface area contributed by atoms with Crippen molar-refractivity contribution in [2.24, 2.45) is 0 Å². The molecule has 0 radical (unpaired) electrons. The molecule has 0 spiro atoms. The fourth-order valence-electron chi connectivity index (χ4n) is 1.58. The molecule has 0 aromatic carbocycles. The second-order valence-corrected chi connectivity index (χ2v) is 5.18. The zero-order valence-corrected chi connectivity index (χ0v) is 12.5.